The molecular weight excluding hydrogens is 190 g/mol. The first-order valence-electron chi connectivity index (χ1n) is 3.96. The summed E-state index contributed by atoms with van der Waals surface area (Å²) in [4.78, 5) is 0.420. The molecule has 5 nitrogen and oxygen atoms in total. The molecule has 0 unspecified atom stereocenters. The molecule has 0 aromatic carbocycles. The normalized spacial score (nSPS) is 13.7. The van der Waals surface area contributed by atoms with Gasteiger partial charge in [-0.15, -0.1) is 10.8 Å². The van der Waals surface area contributed by atoms with Crippen molar-refractivity contribution in [1.29, 1.82) is 0 Å². The van der Waals surface area contributed by atoms with E-state index < -0.39 is 10.8 Å². The van der Waals surface area contributed by atoms with Crippen LogP contribution >= 0.6 is 10.8 Å². The molecule has 0 aliphatic rings. The van der Waals surface area contributed by atoms with Gasteiger partial charge < -0.3 is 0 Å². The summed E-state index contributed by atoms with van der Waals surface area (Å²) < 4.78 is 23.5. The molecule has 1 heterocycles. The van der Waals surface area contributed by atoms with E-state index in [1.165, 1.54) is 10.9 Å². The van der Waals surface area contributed by atoms with Crippen molar-refractivity contribution in [2.24, 2.45) is 7.05 Å². The Labute approximate surface area is 79.2 Å². The van der Waals surface area contributed by atoms with Crippen LogP contribution in [0, 0.1) is 0 Å². The van der Waals surface area contributed by atoms with Gasteiger partial charge in [-0.2, -0.15) is 5.10 Å². The summed E-state index contributed by atoms with van der Waals surface area (Å²) in [5.41, 5.74) is 0. The molecule has 0 spiro atoms. The Bertz CT molecular complexity index is 285. The molecule has 0 saturated carbocycles. The second kappa shape index (κ2) is 3.67. The molecule has 0 aliphatic heterocycles. The van der Waals surface area contributed by atoms with Crippen LogP contribution in [0.2, 0.25) is 0 Å². The minimum absolute atomic E-state index is 0.0187. The quantitative estimate of drug-likeness (QED) is 0.698. The van der Waals surface area contributed by atoms with Crippen molar-refractivity contribution in [3.8, 4) is 0 Å². The fourth-order valence-corrected chi connectivity index (χ4v) is 2.23. The van der Waals surface area contributed by atoms with Crippen molar-refractivity contribution in [3.63, 3.8) is 0 Å². The van der Waals surface area contributed by atoms with Crippen LogP contribution in [0.4, 0.5) is 0 Å². The third-order valence-electron chi connectivity index (χ3n) is 1.41. The third kappa shape index (κ3) is 2.70. The number of nitrogens with zero attached hydrogens (tertiary/aromatic N) is 2. The zero-order chi connectivity index (χ0) is 10.1. The van der Waals surface area contributed by atoms with Crippen LogP contribution in [0.5, 0.6) is 0 Å². The molecule has 0 saturated heterocycles. The Morgan fingerprint density at radius 2 is 2.15 bits per heavy atom. The lowest BCUT2D eigenvalue weighted by Crippen LogP contribution is -2.26. The molecule has 0 bridgehead atoms. The maximum absolute atomic E-state index is 9.64. The zero-order valence-electron chi connectivity index (χ0n) is 7.93. The highest BCUT2D eigenvalue weighted by Gasteiger charge is 2.17. The van der Waals surface area contributed by atoms with Gasteiger partial charge in [0.2, 0.25) is 0 Å². The fraction of sp³-hybridized carbons (Fsp3) is 0.571. The molecule has 0 radical (unpaired) electrons. The van der Waals surface area contributed by atoms with Gasteiger partial charge in [-0.3, -0.25) is 13.8 Å². The first-order chi connectivity index (χ1) is 5.92. The van der Waals surface area contributed by atoms with E-state index in [1.807, 2.05) is 13.8 Å². The predicted molar refractivity (Wildman–Crippen MR) is 52.6 cm³/mol. The van der Waals surface area contributed by atoms with Gasteiger partial charge in [-0.05, 0) is 13.8 Å². The predicted octanol–water partition coefficient (Wildman–Crippen LogP) is 1.44. The minimum Gasteiger partial charge on any atom is -0.281 e. The number of hydrogen-bond acceptors (Lipinski definition) is 4. The van der Waals surface area contributed by atoms with E-state index in [4.69, 9.17) is 0 Å². The molecule has 0 fully saturated rings. The van der Waals surface area contributed by atoms with Gasteiger partial charge in [0.25, 0.3) is 0 Å². The lowest BCUT2D eigenvalue weighted by molar-refractivity contribution is 0.461. The van der Waals surface area contributed by atoms with Gasteiger partial charge in [-0.1, -0.05) is 0 Å². The third-order valence-corrected chi connectivity index (χ3v) is 3.08. The summed E-state index contributed by atoms with van der Waals surface area (Å²) in [7, 11) is -1.14. The molecular formula is C7H15N3O2S. The average molecular weight is 205 g/mol. The number of rotatable bonds is 3. The van der Waals surface area contributed by atoms with Gasteiger partial charge in [0.15, 0.2) is 0 Å². The van der Waals surface area contributed by atoms with E-state index in [1.54, 1.807) is 13.2 Å². The van der Waals surface area contributed by atoms with Crippen molar-refractivity contribution < 1.29 is 9.11 Å². The van der Waals surface area contributed by atoms with Crippen LogP contribution in [0.15, 0.2) is 17.3 Å². The Morgan fingerprint density at radius 1 is 1.54 bits per heavy atom. The van der Waals surface area contributed by atoms with Crippen molar-refractivity contribution in [2.75, 3.05) is 0 Å². The number of nitrogens with one attached hydrogen (secondary N) is 1. The Balaban J connectivity index is 2.80. The molecule has 13 heavy (non-hydrogen) atoms. The Hall–Kier alpha value is -0.560. The summed E-state index contributed by atoms with van der Waals surface area (Å²) in [6.45, 7) is 3.70. The van der Waals surface area contributed by atoms with Crippen LogP contribution < -0.4 is 4.72 Å². The minimum atomic E-state index is -2.87. The smallest absolute Gasteiger partial charge is 0.113 e. The molecule has 0 atom stereocenters. The van der Waals surface area contributed by atoms with Gasteiger partial charge in [0, 0.05) is 19.3 Å². The summed E-state index contributed by atoms with van der Waals surface area (Å²) in [6, 6.07) is 0.0187. The van der Waals surface area contributed by atoms with Crippen molar-refractivity contribution in [3.05, 3.63) is 12.4 Å². The van der Waals surface area contributed by atoms with Gasteiger partial charge in [0.1, 0.15) is 4.90 Å². The summed E-state index contributed by atoms with van der Waals surface area (Å²) in [5.74, 6) is 0. The van der Waals surface area contributed by atoms with E-state index >= 15 is 0 Å². The first-order valence-corrected chi connectivity index (χ1v) is 5.50. The zero-order valence-corrected chi connectivity index (χ0v) is 8.75. The largest absolute Gasteiger partial charge is 0.281 e. The van der Waals surface area contributed by atoms with E-state index in [9.17, 15) is 9.11 Å². The molecule has 3 N–H and O–H groups in total. The Kier molecular flexibility index (Phi) is 2.97. The summed E-state index contributed by atoms with van der Waals surface area (Å²) in [6.07, 6.45) is 3.04. The molecule has 76 valence electrons. The highest BCUT2D eigenvalue weighted by Crippen LogP contribution is 2.43. The van der Waals surface area contributed by atoms with Crippen LogP contribution in [-0.2, 0) is 7.05 Å². The van der Waals surface area contributed by atoms with Gasteiger partial charge in [0.05, 0.1) is 6.20 Å². The second-order valence-electron chi connectivity index (χ2n) is 3.17. The van der Waals surface area contributed by atoms with E-state index in [-0.39, 0.29) is 6.04 Å². The molecule has 1 rings (SSSR count). The molecule has 0 amide bonds. The highest BCUT2D eigenvalue weighted by molar-refractivity contribution is 8.22. The van der Waals surface area contributed by atoms with Crippen molar-refractivity contribution in [1.82, 2.24) is 14.5 Å². The fourth-order valence-electron chi connectivity index (χ4n) is 0.942. The number of aromatic nitrogens is 2. The monoisotopic (exact) mass is 205 g/mol. The van der Waals surface area contributed by atoms with E-state index in [0.29, 0.717) is 4.90 Å². The molecule has 1 aromatic heterocycles. The lowest BCUT2D eigenvalue weighted by atomic mass is 10.4. The summed E-state index contributed by atoms with van der Waals surface area (Å²) in [5, 5.41) is 3.87. The maximum Gasteiger partial charge on any atom is 0.113 e. The van der Waals surface area contributed by atoms with E-state index in [0.717, 1.165) is 0 Å². The van der Waals surface area contributed by atoms with Crippen molar-refractivity contribution >= 4 is 10.8 Å². The van der Waals surface area contributed by atoms with Crippen LogP contribution in [-0.4, -0.2) is 24.9 Å². The van der Waals surface area contributed by atoms with Gasteiger partial charge >= 0.3 is 0 Å². The van der Waals surface area contributed by atoms with Crippen molar-refractivity contribution in [2.45, 2.75) is 24.8 Å². The number of aryl methyl sites for hydroxylation is 1. The van der Waals surface area contributed by atoms with Crippen LogP contribution in [0.1, 0.15) is 13.8 Å². The molecule has 6 heteroatoms. The van der Waals surface area contributed by atoms with Crippen LogP contribution in [0.3, 0.4) is 0 Å². The standard InChI is InChI=1S/C7H15N3O2S/c1-6(2)9-13(11,12)7-4-8-10(3)5-7/h4-6,9,11-12H,1-3H3. The number of hydrogen-bond donors (Lipinski definition) is 3. The molecule has 0 aliphatic carbocycles. The summed E-state index contributed by atoms with van der Waals surface area (Å²) >= 11 is 0. The van der Waals surface area contributed by atoms with E-state index in [2.05, 4.69) is 9.82 Å². The first kappa shape index (κ1) is 10.5. The molecule has 1 aromatic rings. The van der Waals surface area contributed by atoms with Gasteiger partial charge in [-0.25, -0.2) is 4.72 Å². The Morgan fingerprint density at radius 3 is 2.54 bits per heavy atom. The SMILES string of the molecule is CC(C)NS(O)(O)c1cnn(C)c1. The lowest BCUT2D eigenvalue weighted by Gasteiger charge is -2.33. The average Bonchev–Trinajstić information content (AvgIpc) is 2.32. The van der Waals surface area contributed by atoms with Crippen LogP contribution in [0.25, 0.3) is 0 Å². The highest BCUT2D eigenvalue weighted by atomic mass is 32.3. The maximum atomic E-state index is 9.64. The topological polar surface area (TPSA) is 70.3 Å². The second-order valence-corrected chi connectivity index (χ2v) is 4.98.